The van der Waals surface area contributed by atoms with E-state index in [2.05, 4.69) is 0 Å². The number of hydrogen-bond donors (Lipinski definition) is 3. The third-order valence-electron chi connectivity index (χ3n) is 2.84. The van der Waals surface area contributed by atoms with Gasteiger partial charge in [0.1, 0.15) is 6.61 Å². The molecule has 0 saturated carbocycles. The zero-order chi connectivity index (χ0) is 15.4. The molecule has 0 atom stereocenters. The van der Waals surface area contributed by atoms with Gasteiger partial charge in [-0.2, -0.15) is 0 Å². The fraction of sp³-hybridized carbons (Fsp3) is 0.846. The van der Waals surface area contributed by atoms with E-state index in [1.807, 2.05) is 6.92 Å². The molecule has 0 rings (SSSR count). The lowest BCUT2D eigenvalue weighted by atomic mass is 9.93. The summed E-state index contributed by atoms with van der Waals surface area (Å²) in [5.41, 5.74) is -1.25. The first kappa shape index (κ1) is 18.8. The molecule has 0 amide bonds. The normalized spacial score (nSPS) is 11.2. The molecule has 0 unspecified atom stereocenters. The minimum Gasteiger partial charge on any atom is -0.466 e. The van der Waals surface area contributed by atoms with Crippen LogP contribution >= 0.6 is 0 Å². The van der Waals surface area contributed by atoms with E-state index < -0.39 is 37.2 Å². The van der Waals surface area contributed by atoms with Crippen molar-refractivity contribution in [2.24, 2.45) is 5.41 Å². The van der Waals surface area contributed by atoms with Crippen LogP contribution in [0.3, 0.4) is 0 Å². The average Bonchev–Trinajstić information content (AvgIpc) is 2.47. The Morgan fingerprint density at radius 3 is 1.90 bits per heavy atom. The third kappa shape index (κ3) is 7.42. The van der Waals surface area contributed by atoms with Crippen LogP contribution in [0.1, 0.15) is 32.6 Å². The molecule has 0 heterocycles. The van der Waals surface area contributed by atoms with Gasteiger partial charge in [0.15, 0.2) is 0 Å². The Morgan fingerprint density at radius 2 is 1.45 bits per heavy atom. The smallest absolute Gasteiger partial charge is 0.306 e. The molecule has 7 nitrogen and oxygen atoms in total. The van der Waals surface area contributed by atoms with Crippen LogP contribution < -0.4 is 0 Å². The number of ether oxygens (including phenoxy) is 2. The molecule has 0 aromatic rings. The van der Waals surface area contributed by atoms with E-state index in [0.717, 1.165) is 12.8 Å². The summed E-state index contributed by atoms with van der Waals surface area (Å²) in [4.78, 5) is 22.6. The van der Waals surface area contributed by atoms with Crippen molar-refractivity contribution in [2.45, 2.75) is 32.6 Å². The van der Waals surface area contributed by atoms with Crippen molar-refractivity contribution >= 4 is 11.9 Å². The number of esters is 2. The number of carbonyl (C=O) groups excluding carboxylic acids is 2. The van der Waals surface area contributed by atoms with Crippen LogP contribution in [-0.4, -0.2) is 60.3 Å². The first-order chi connectivity index (χ1) is 9.53. The average molecular weight is 292 g/mol. The number of carbonyl (C=O) groups is 2. The molecule has 0 aliphatic carbocycles. The van der Waals surface area contributed by atoms with E-state index in [9.17, 15) is 9.59 Å². The maximum Gasteiger partial charge on any atom is 0.306 e. The number of unbranched alkanes of at least 4 members (excludes halogenated alkanes) is 1. The molecule has 0 saturated heterocycles. The molecule has 7 heteroatoms. The lowest BCUT2D eigenvalue weighted by Gasteiger charge is -2.26. The number of aliphatic hydroxyl groups is 3. The van der Waals surface area contributed by atoms with Crippen LogP contribution in [-0.2, 0) is 19.1 Å². The minimum absolute atomic E-state index is 0.0765. The Morgan fingerprint density at radius 1 is 0.950 bits per heavy atom. The summed E-state index contributed by atoms with van der Waals surface area (Å²) in [5.74, 6) is -1.11. The SMILES string of the molecule is CCCCOC(=O)CCC(=O)OCC(CO)(CO)CO. The molecule has 0 aromatic carbocycles. The maximum absolute atomic E-state index is 11.4. The first-order valence-electron chi connectivity index (χ1n) is 6.67. The summed E-state index contributed by atoms with van der Waals surface area (Å²) in [6.07, 6.45) is 1.49. The van der Waals surface area contributed by atoms with Gasteiger partial charge in [0.2, 0.25) is 0 Å². The van der Waals surface area contributed by atoms with Crippen molar-refractivity contribution in [3.63, 3.8) is 0 Å². The molecule has 0 aliphatic rings. The predicted molar refractivity (Wildman–Crippen MR) is 69.8 cm³/mol. The zero-order valence-corrected chi connectivity index (χ0v) is 11.8. The van der Waals surface area contributed by atoms with E-state index >= 15 is 0 Å². The van der Waals surface area contributed by atoms with Crippen molar-refractivity contribution in [3.8, 4) is 0 Å². The maximum atomic E-state index is 11.4. The van der Waals surface area contributed by atoms with Crippen molar-refractivity contribution in [1.82, 2.24) is 0 Å². The summed E-state index contributed by atoms with van der Waals surface area (Å²) in [6.45, 7) is 0.485. The predicted octanol–water partition coefficient (Wildman–Crippen LogP) is -0.384. The molecule has 0 aliphatic heterocycles. The van der Waals surface area contributed by atoms with Crippen molar-refractivity contribution < 1.29 is 34.4 Å². The Labute approximate surface area is 118 Å². The Bertz CT molecular complexity index is 278. The van der Waals surface area contributed by atoms with Crippen LogP contribution in [0.5, 0.6) is 0 Å². The van der Waals surface area contributed by atoms with Crippen molar-refractivity contribution in [3.05, 3.63) is 0 Å². The van der Waals surface area contributed by atoms with E-state index in [-0.39, 0.29) is 19.4 Å². The Kier molecular flexibility index (Phi) is 9.96. The highest BCUT2D eigenvalue weighted by molar-refractivity contribution is 5.77. The summed E-state index contributed by atoms with van der Waals surface area (Å²) >= 11 is 0. The second kappa shape index (κ2) is 10.6. The van der Waals surface area contributed by atoms with Gasteiger partial charge in [-0.15, -0.1) is 0 Å². The molecule has 20 heavy (non-hydrogen) atoms. The lowest BCUT2D eigenvalue weighted by Crippen LogP contribution is -2.39. The molecule has 0 radical (unpaired) electrons. The summed E-state index contributed by atoms with van der Waals surface area (Å²) < 4.78 is 9.70. The molecular formula is C13H24O7. The Balaban J connectivity index is 3.91. The van der Waals surface area contributed by atoms with E-state index in [1.165, 1.54) is 0 Å². The lowest BCUT2D eigenvalue weighted by molar-refractivity contribution is -0.155. The zero-order valence-electron chi connectivity index (χ0n) is 11.8. The van der Waals surface area contributed by atoms with Crippen molar-refractivity contribution in [1.29, 1.82) is 0 Å². The van der Waals surface area contributed by atoms with Crippen LogP contribution in [0, 0.1) is 5.41 Å². The third-order valence-corrected chi connectivity index (χ3v) is 2.84. The molecule has 0 fully saturated rings. The molecule has 0 bridgehead atoms. The largest absolute Gasteiger partial charge is 0.466 e. The van der Waals surface area contributed by atoms with Crippen LogP contribution in [0.25, 0.3) is 0 Å². The molecule has 0 aromatic heterocycles. The van der Waals surface area contributed by atoms with Gasteiger partial charge in [0.05, 0.1) is 44.7 Å². The van der Waals surface area contributed by atoms with E-state index in [1.54, 1.807) is 0 Å². The number of rotatable bonds is 11. The highest BCUT2D eigenvalue weighted by Crippen LogP contribution is 2.15. The molecule has 118 valence electrons. The topological polar surface area (TPSA) is 113 Å². The fourth-order valence-corrected chi connectivity index (χ4v) is 1.20. The highest BCUT2D eigenvalue weighted by atomic mass is 16.5. The van der Waals surface area contributed by atoms with Crippen LogP contribution in [0.2, 0.25) is 0 Å². The molecule has 0 spiro atoms. The monoisotopic (exact) mass is 292 g/mol. The van der Waals surface area contributed by atoms with Gasteiger partial charge in [-0.25, -0.2) is 0 Å². The van der Waals surface area contributed by atoms with Gasteiger partial charge in [0, 0.05) is 0 Å². The fourth-order valence-electron chi connectivity index (χ4n) is 1.20. The second-order valence-electron chi connectivity index (χ2n) is 4.71. The van der Waals surface area contributed by atoms with Gasteiger partial charge in [0.25, 0.3) is 0 Å². The quantitative estimate of drug-likeness (QED) is 0.351. The van der Waals surface area contributed by atoms with Gasteiger partial charge < -0.3 is 24.8 Å². The molecule has 3 N–H and O–H groups in total. The first-order valence-corrected chi connectivity index (χ1v) is 6.67. The van der Waals surface area contributed by atoms with E-state index in [0.29, 0.717) is 6.61 Å². The van der Waals surface area contributed by atoms with Gasteiger partial charge >= 0.3 is 11.9 Å². The van der Waals surface area contributed by atoms with E-state index in [4.69, 9.17) is 24.8 Å². The molecular weight excluding hydrogens is 268 g/mol. The number of aliphatic hydroxyl groups excluding tert-OH is 3. The highest BCUT2D eigenvalue weighted by Gasteiger charge is 2.30. The van der Waals surface area contributed by atoms with Gasteiger partial charge in [-0.3, -0.25) is 9.59 Å². The van der Waals surface area contributed by atoms with Crippen LogP contribution in [0.15, 0.2) is 0 Å². The summed E-state index contributed by atoms with van der Waals surface area (Å²) in [6, 6.07) is 0. The minimum atomic E-state index is -1.25. The standard InChI is InChI=1S/C13H24O7/c1-2-3-6-19-11(17)4-5-12(18)20-10-13(7-14,8-15)9-16/h14-16H,2-10H2,1H3. The summed E-state index contributed by atoms with van der Waals surface area (Å²) in [5, 5.41) is 27.1. The number of hydrogen-bond acceptors (Lipinski definition) is 7. The second-order valence-corrected chi connectivity index (χ2v) is 4.71. The Hall–Kier alpha value is -1.18. The van der Waals surface area contributed by atoms with Gasteiger partial charge in [-0.05, 0) is 6.42 Å². The van der Waals surface area contributed by atoms with Crippen molar-refractivity contribution in [2.75, 3.05) is 33.0 Å². The van der Waals surface area contributed by atoms with Crippen LogP contribution in [0.4, 0.5) is 0 Å². The van der Waals surface area contributed by atoms with Gasteiger partial charge in [-0.1, -0.05) is 13.3 Å². The summed E-state index contributed by atoms with van der Waals surface area (Å²) in [7, 11) is 0.